The summed E-state index contributed by atoms with van der Waals surface area (Å²) in [5, 5.41) is 0. The Hall–Kier alpha value is -0.970. The summed E-state index contributed by atoms with van der Waals surface area (Å²) >= 11 is 0. The van der Waals surface area contributed by atoms with Crippen LogP contribution in [0, 0.1) is 5.82 Å². The van der Waals surface area contributed by atoms with E-state index >= 15 is 0 Å². The minimum absolute atomic E-state index is 0.0248. The zero-order valence-electron chi connectivity index (χ0n) is 11.5. The molecule has 1 saturated carbocycles. The molecule has 1 unspecified atom stereocenters. The van der Waals surface area contributed by atoms with E-state index in [-0.39, 0.29) is 17.5 Å². The maximum atomic E-state index is 13.3. The van der Waals surface area contributed by atoms with E-state index in [1.165, 1.54) is 18.9 Å². The highest BCUT2D eigenvalue weighted by atomic mass is 19.1. The first-order valence-corrected chi connectivity index (χ1v) is 7.05. The van der Waals surface area contributed by atoms with E-state index in [1.807, 2.05) is 13.0 Å². The average molecular weight is 266 g/mol. The zero-order chi connectivity index (χ0) is 13.7. The van der Waals surface area contributed by atoms with Crippen LogP contribution in [0.15, 0.2) is 24.3 Å². The number of nitrogens with two attached hydrogens (primary N) is 1. The van der Waals surface area contributed by atoms with Gasteiger partial charge in [0, 0.05) is 6.61 Å². The molecule has 0 amide bonds. The van der Waals surface area contributed by atoms with E-state index in [0.717, 1.165) is 18.4 Å². The summed E-state index contributed by atoms with van der Waals surface area (Å²) in [7, 11) is 0. The largest absolute Gasteiger partial charge is 0.374 e. The van der Waals surface area contributed by atoms with Crippen LogP contribution in [-0.4, -0.2) is 18.2 Å². The van der Waals surface area contributed by atoms with Crippen molar-refractivity contribution in [1.82, 2.24) is 5.43 Å². The molecule has 0 aromatic heterocycles. The topological polar surface area (TPSA) is 47.3 Å². The summed E-state index contributed by atoms with van der Waals surface area (Å²) in [6, 6.07) is 6.72. The predicted molar refractivity (Wildman–Crippen MR) is 74.0 cm³/mol. The number of ether oxygens (including phenoxy) is 1. The molecule has 0 aliphatic heterocycles. The van der Waals surface area contributed by atoms with Gasteiger partial charge in [-0.15, -0.1) is 0 Å². The Bertz CT molecular complexity index is 405. The van der Waals surface area contributed by atoms with Gasteiger partial charge in [-0.2, -0.15) is 0 Å². The lowest BCUT2D eigenvalue weighted by Crippen LogP contribution is -2.54. The standard InChI is InChI=1S/C15H23FN2O/c1-2-19-15(8-3-4-9-15)14(18-17)11-12-6-5-7-13(16)10-12/h5-7,10,14,18H,2-4,8-9,11,17H2,1H3. The minimum Gasteiger partial charge on any atom is -0.374 e. The van der Waals surface area contributed by atoms with Crippen LogP contribution in [0.3, 0.4) is 0 Å². The van der Waals surface area contributed by atoms with E-state index in [4.69, 9.17) is 10.6 Å². The fourth-order valence-electron chi connectivity index (χ4n) is 3.15. The van der Waals surface area contributed by atoms with Crippen molar-refractivity contribution in [2.24, 2.45) is 5.84 Å². The van der Waals surface area contributed by atoms with E-state index in [1.54, 1.807) is 12.1 Å². The quantitative estimate of drug-likeness (QED) is 0.614. The van der Waals surface area contributed by atoms with Gasteiger partial charge in [-0.05, 0) is 43.9 Å². The Morgan fingerprint density at radius 2 is 2.16 bits per heavy atom. The lowest BCUT2D eigenvalue weighted by molar-refractivity contribution is -0.0613. The van der Waals surface area contributed by atoms with Gasteiger partial charge in [0.15, 0.2) is 0 Å². The van der Waals surface area contributed by atoms with Crippen molar-refractivity contribution in [3.63, 3.8) is 0 Å². The maximum absolute atomic E-state index is 13.3. The van der Waals surface area contributed by atoms with Crippen molar-refractivity contribution < 1.29 is 9.13 Å². The number of hydrogen-bond donors (Lipinski definition) is 2. The van der Waals surface area contributed by atoms with E-state index in [2.05, 4.69) is 5.43 Å². The van der Waals surface area contributed by atoms with Crippen molar-refractivity contribution in [2.45, 2.75) is 50.7 Å². The molecule has 0 heterocycles. The highest BCUT2D eigenvalue weighted by Crippen LogP contribution is 2.37. The fourth-order valence-corrected chi connectivity index (χ4v) is 3.15. The van der Waals surface area contributed by atoms with Crippen LogP contribution in [0.1, 0.15) is 38.2 Å². The molecule has 0 spiro atoms. The normalized spacial score (nSPS) is 19.5. The Labute approximate surface area is 114 Å². The number of benzene rings is 1. The number of hydrazine groups is 1. The molecule has 19 heavy (non-hydrogen) atoms. The van der Waals surface area contributed by atoms with Gasteiger partial charge < -0.3 is 4.74 Å². The van der Waals surface area contributed by atoms with Crippen LogP contribution >= 0.6 is 0 Å². The first-order chi connectivity index (χ1) is 9.20. The molecule has 1 aliphatic rings. The highest BCUT2D eigenvalue weighted by molar-refractivity contribution is 5.19. The Balaban J connectivity index is 2.14. The Morgan fingerprint density at radius 1 is 1.42 bits per heavy atom. The molecule has 2 rings (SSSR count). The van der Waals surface area contributed by atoms with Crippen molar-refractivity contribution in [1.29, 1.82) is 0 Å². The second-order valence-corrected chi connectivity index (χ2v) is 5.26. The molecule has 0 radical (unpaired) electrons. The van der Waals surface area contributed by atoms with Gasteiger partial charge in [0.1, 0.15) is 5.82 Å². The zero-order valence-corrected chi connectivity index (χ0v) is 11.5. The summed E-state index contributed by atoms with van der Waals surface area (Å²) < 4.78 is 19.3. The Kier molecular flexibility index (Phi) is 4.91. The summed E-state index contributed by atoms with van der Waals surface area (Å²) in [5.74, 6) is 5.53. The Morgan fingerprint density at radius 3 is 2.74 bits per heavy atom. The molecule has 0 saturated heterocycles. The van der Waals surface area contributed by atoms with Crippen molar-refractivity contribution in [3.8, 4) is 0 Å². The van der Waals surface area contributed by atoms with Crippen molar-refractivity contribution in [2.75, 3.05) is 6.61 Å². The third-order valence-corrected chi connectivity index (χ3v) is 4.05. The molecule has 1 aromatic carbocycles. The molecule has 1 atom stereocenters. The number of nitrogens with one attached hydrogen (secondary N) is 1. The summed E-state index contributed by atoms with van der Waals surface area (Å²) in [6.07, 6.45) is 5.06. The third kappa shape index (κ3) is 3.32. The van der Waals surface area contributed by atoms with Gasteiger partial charge in [0.2, 0.25) is 0 Å². The first-order valence-electron chi connectivity index (χ1n) is 7.05. The lowest BCUT2D eigenvalue weighted by Gasteiger charge is -2.37. The summed E-state index contributed by atoms with van der Waals surface area (Å²) in [5.41, 5.74) is 3.64. The van der Waals surface area contributed by atoms with Gasteiger partial charge in [-0.1, -0.05) is 25.0 Å². The summed E-state index contributed by atoms with van der Waals surface area (Å²) in [4.78, 5) is 0. The minimum atomic E-state index is -0.204. The van der Waals surface area contributed by atoms with Crippen LogP contribution in [0.4, 0.5) is 4.39 Å². The fraction of sp³-hybridized carbons (Fsp3) is 0.600. The van der Waals surface area contributed by atoms with Crippen molar-refractivity contribution >= 4 is 0 Å². The van der Waals surface area contributed by atoms with Gasteiger partial charge in [0.05, 0.1) is 11.6 Å². The molecule has 0 bridgehead atoms. The van der Waals surface area contributed by atoms with Gasteiger partial charge in [0.25, 0.3) is 0 Å². The van der Waals surface area contributed by atoms with E-state index in [0.29, 0.717) is 13.0 Å². The second kappa shape index (κ2) is 6.46. The third-order valence-electron chi connectivity index (χ3n) is 4.05. The molecule has 3 nitrogen and oxygen atoms in total. The van der Waals surface area contributed by atoms with Crippen LogP contribution in [0.5, 0.6) is 0 Å². The molecular formula is C15H23FN2O. The predicted octanol–water partition coefficient (Wildman–Crippen LogP) is 2.55. The lowest BCUT2D eigenvalue weighted by atomic mass is 9.87. The second-order valence-electron chi connectivity index (χ2n) is 5.26. The van der Waals surface area contributed by atoms with E-state index in [9.17, 15) is 4.39 Å². The molecule has 1 fully saturated rings. The van der Waals surface area contributed by atoms with Crippen molar-refractivity contribution in [3.05, 3.63) is 35.6 Å². The molecule has 3 N–H and O–H groups in total. The molecule has 106 valence electrons. The van der Waals surface area contributed by atoms with Crippen LogP contribution in [-0.2, 0) is 11.2 Å². The van der Waals surface area contributed by atoms with Crippen LogP contribution < -0.4 is 11.3 Å². The molecular weight excluding hydrogens is 243 g/mol. The molecule has 4 heteroatoms. The monoisotopic (exact) mass is 266 g/mol. The van der Waals surface area contributed by atoms with Gasteiger partial charge in [-0.3, -0.25) is 11.3 Å². The van der Waals surface area contributed by atoms with E-state index < -0.39 is 0 Å². The average Bonchev–Trinajstić information content (AvgIpc) is 2.86. The highest BCUT2D eigenvalue weighted by Gasteiger charge is 2.41. The van der Waals surface area contributed by atoms with Crippen LogP contribution in [0.2, 0.25) is 0 Å². The van der Waals surface area contributed by atoms with Gasteiger partial charge >= 0.3 is 0 Å². The smallest absolute Gasteiger partial charge is 0.123 e. The van der Waals surface area contributed by atoms with Gasteiger partial charge in [-0.25, -0.2) is 4.39 Å². The van der Waals surface area contributed by atoms with Crippen LogP contribution in [0.25, 0.3) is 0 Å². The summed E-state index contributed by atoms with van der Waals surface area (Å²) in [6.45, 7) is 2.69. The maximum Gasteiger partial charge on any atom is 0.123 e. The number of rotatable bonds is 6. The molecule has 1 aliphatic carbocycles. The molecule has 1 aromatic rings. The first kappa shape index (κ1) is 14.4. The number of halogens is 1. The SMILES string of the molecule is CCOC1(C(Cc2cccc(F)c2)NN)CCCC1. The number of hydrogen-bond acceptors (Lipinski definition) is 3.